The van der Waals surface area contributed by atoms with Gasteiger partial charge in [0.1, 0.15) is 9.84 Å². The third-order valence-corrected chi connectivity index (χ3v) is 4.85. The Bertz CT molecular complexity index is 408. The fourth-order valence-corrected chi connectivity index (χ4v) is 2.37. The molecule has 4 nitrogen and oxygen atoms in total. The Hall–Kier alpha value is -0.580. The third kappa shape index (κ3) is 8.56. The van der Waals surface area contributed by atoms with Gasteiger partial charge in [-0.3, -0.25) is 4.79 Å². The molecule has 0 heterocycles. The molecule has 0 bridgehead atoms. The second-order valence-corrected chi connectivity index (χ2v) is 9.28. The summed E-state index contributed by atoms with van der Waals surface area (Å²) in [5, 5.41) is 0. The number of ether oxygens (including phenoxy) is 1. The molecule has 0 spiro atoms. The van der Waals surface area contributed by atoms with Crippen molar-refractivity contribution < 1.29 is 17.9 Å². The van der Waals surface area contributed by atoms with Gasteiger partial charge in [0, 0.05) is 12.0 Å². The van der Waals surface area contributed by atoms with Crippen LogP contribution in [0.3, 0.4) is 0 Å². The van der Waals surface area contributed by atoms with Gasteiger partial charge in [-0.2, -0.15) is 0 Å². The maximum absolute atomic E-state index is 11.8. The maximum Gasteiger partial charge on any atom is 0.311 e. The summed E-state index contributed by atoms with van der Waals surface area (Å²) in [7, 11) is -2.89. The van der Waals surface area contributed by atoms with E-state index >= 15 is 0 Å². The summed E-state index contributed by atoms with van der Waals surface area (Å²) in [4.78, 5) is 11.8. The minimum absolute atomic E-state index is 0.0126. The lowest BCUT2D eigenvalue weighted by Crippen LogP contribution is -2.27. The van der Waals surface area contributed by atoms with Crippen molar-refractivity contribution in [3.8, 4) is 0 Å². The van der Waals surface area contributed by atoms with E-state index in [2.05, 4.69) is 13.8 Å². The summed E-state index contributed by atoms with van der Waals surface area (Å²) >= 11 is 0. The topological polar surface area (TPSA) is 60.4 Å². The summed E-state index contributed by atoms with van der Waals surface area (Å²) < 4.78 is 27.5. The first-order valence-corrected chi connectivity index (χ1v) is 9.31. The van der Waals surface area contributed by atoms with E-state index in [-0.39, 0.29) is 17.1 Å². The average molecular weight is 306 g/mol. The SMILES string of the molecule is CCC(C)(C)C(=O)OCCC(C)(C)CCCS(C)(=O)=O. The fourth-order valence-electron chi connectivity index (χ4n) is 1.70. The molecule has 20 heavy (non-hydrogen) atoms. The van der Waals surface area contributed by atoms with E-state index in [0.29, 0.717) is 13.0 Å². The Labute approximate surface area is 124 Å². The molecular formula is C15H30O4S. The van der Waals surface area contributed by atoms with Gasteiger partial charge in [-0.25, -0.2) is 8.42 Å². The Morgan fingerprint density at radius 3 is 2.10 bits per heavy atom. The molecule has 0 aromatic heterocycles. The molecule has 0 amide bonds. The van der Waals surface area contributed by atoms with E-state index in [9.17, 15) is 13.2 Å². The summed E-state index contributed by atoms with van der Waals surface area (Å²) in [6, 6.07) is 0. The molecule has 0 radical (unpaired) electrons. The van der Waals surface area contributed by atoms with Gasteiger partial charge < -0.3 is 4.74 Å². The molecule has 0 N–H and O–H groups in total. The van der Waals surface area contributed by atoms with Crippen LogP contribution < -0.4 is 0 Å². The van der Waals surface area contributed by atoms with Gasteiger partial charge in [0.25, 0.3) is 0 Å². The predicted molar refractivity (Wildman–Crippen MR) is 82.4 cm³/mol. The highest BCUT2D eigenvalue weighted by Gasteiger charge is 2.27. The van der Waals surface area contributed by atoms with Gasteiger partial charge in [-0.1, -0.05) is 20.8 Å². The van der Waals surface area contributed by atoms with E-state index < -0.39 is 15.3 Å². The van der Waals surface area contributed by atoms with E-state index in [1.54, 1.807) is 0 Å². The van der Waals surface area contributed by atoms with E-state index in [4.69, 9.17) is 4.74 Å². The standard InChI is InChI=1S/C15H30O4S/c1-7-15(4,5)13(16)19-11-10-14(2,3)9-8-12-20(6,17)18/h7-12H2,1-6H3. The largest absolute Gasteiger partial charge is 0.465 e. The number of carbonyl (C=O) groups is 1. The Morgan fingerprint density at radius 1 is 1.10 bits per heavy atom. The van der Waals surface area contributed by atoms with Crippen LogP contribution in [-0.4, -0.2) is 33.0 Å². The first-order valence-electron chi connectivity index (χ1n) is 7.24. The molecule has 120 valence electrons. The highest BCUT2D eigenvalue weighted by Crippen LogP contribution is 2.28. The van der Waals surface area contributed by atoms with Gasteiger partial charge in [-0.05, 0) is 44.9 Å². The summed E-state index contributed by atoms with van der Waals surface area (Å²) in [5.41, 5.74) is -0.443. The number of carbonyl (C=O) groups excluding carboxylic acids is 1. The highest BCUT2D eigenvalue weighted by molar-refractivity contribution is 7.90. The van der Waals surface area contributed by atoms with Gasteiger partial charge in [0.2, 0.25) is 0 Å². The lowest BCUT2D eigenvalue weighted by Gasteiger charge is -2.26. The lowest BCUT2D eigenvalue weighted by atomic mass is 9.85. The van der Waals surface area contributed by atoms with Crippen LogP contribution in [0.15, 0.2) is 0 Å². The second kappa shape index (κ2) is 7.43. The average Bonchev–Trinajstić information content (AvgIpc) is 2.26. The van der Waals surface area contributed by atoms with Crippen molar-refractivity contribution >= 4 is 15.8 Å². The molecule has 0 fully saturated rings. The first-order chi connectivity index (χ1) is 8.90. The molecule has 0 aliphatic heterocycles. The van der Waals surface area contributed by atoms with Crippen LogP contribution in [0.2, 0.25) is 0 Å². The first kappa shape index (κ1) is 19.4. The smallest absolute Gasteiger partial charge is 0.311 e. The molecule has 0 aromatic carbocycles. The van der Waals surface area contributed by atoms with Crippen LogP contribution in [0.1, 0.15) is 60.3 Å². The quantitative estimate of drug-likeness (QED) is 0.614. The molecule has 0 aromatic rings. The Kier molecular flexibility index (Phi) is 7.22. The van der Waals surface area contributed by atoms with Crippen LogP contribution in [0, 0.1) is 10.8 Å². The zero-order valence-corrected chi connectivity index (χ0v) is 14.6. The van der Waals surface area contributed by atoms with Gasteiger partial charge in [0.15, 0.2) is 0 Å². The van der Waals surface area contributed by atoms with Crippen molar-refractivity contribution in [1.29, 1.82) is 0 Å². The monoisotopic (exact) mass is 306 g/mol. The van der Waals surface area contributed by atoms with Crippen molar-refractivity contribution in [3.05, 3.63) is 0 Å². The molecule has 0 aliphatic rings. The van der Waals surface area contributed by atoms with Crippen molar-refractivity contribution in [2.45, 2.75) is 60.3 Å². The van der Waals surface area contributed by atoms with E-state index in [1.807, 2.05) is 20.8 Å². The molecule has 0 atom stereocenters. The van der Waals surface area contributed by atoms with Crippen LogP contribution >= 0.6 is 0 Å². The fraction of sp³-hybridized carbons (Fsp3) is 0.933. The molecular weight excluding hydrogens is 276 g/mol. The zero-order valence-electron chi connectivity index (χ0n) is 13.8. The minimum Gasteiger partial charge on any atom is -0.465 e. The van der Waals surface area contributed by atoms with Crippen LogP contribution in [0.4, 0.5) is 0 Å². The number of sulfone groups is 1. The molecule has 0 saturated heterocycles. The lowest BCUT2D eigenvalue weighted by molar-refractivity contribution is -0.154. The van der Waals surface area contributed by atoms with Gasteiger partial charge in [-0.15, -0.1) is 0 Å². The molecule has 0 unspecified atom stereocenters. The second-order valence-electron chi connectivity index (χ2n) is 7.02. The van der Waals surface area contributed by atoms with Gasteiger partial charge in [0.05, 0.1) is 12.0 Å². The number of hydrogen-bond acceptors (Lipinski definition) is 4. The van der Waals surface area contributed by atoms with Crippen molar-refractivity contribution in [3.63, 3.8) is 0 Å². The number of hydrogen-bond donors (Lipinski definition) is 0. The number of esters is 1. The third-order valence-electron chi connectivity index (χ3n) is 3.82. The molecule has 0 saturated carbocycles. The summed E-state index contributed by atoms with van der Waals surface area (Å²) in [6.07, 6.45) is 4.23. The maximum atomic E-state index is 11.8. The molecule has 0 aliphatic carbocycles. The Balaban J connectivity index is 4.08. The van der Waals surface area contributed by atoms with E-state index in [0.717, 1.165) is 19.3 Å². The van der Waals surface area contributed by atoms with Crippen molar-refractivity contribution in [2.24, 2.45) is 10.8 Å². The molecule has 0 rings (SSSR count). The summed E-state index contributed by atoms with van der Waals surface area (Å²) in [6.45, 7) is 10.3. The van der Waals surface area contributed by atoms with Crippen LogP contribution in [0.25, 0.3) is 0 Å². The normalized spacial score (nSPS) is 13.3. The van der Waals surface area contributed by atoms with E-state index in [1.165, 1.54) is 6.26 Å². The van der Waals surface area contributed by atoms with Crippen LogP contribution in [0.5, 0.6) is 0 Å². The Morgan fingerprint density at radius 2 is 1.65 bits per heavy atom. The predicted octanol–water partition coefficient (Wildman–Crippen LogP) is 3.21. The molecule has 5 heteroatoms. The van der Waals surface area contributed by atoms with Crippen molar-refractivity contribution in [1.82, 2.24) is 0 Å². The zero-order chi connectivity index (χ0) is 16.0. The minimum atomic E-state index is -2.89. The van der Waals surface area contributed by atoms with Gasteiger partial charge >= 0.3 is 5.97 Å². The highest BCUT2D eigenvalue weighted by atomic mass is 32.2. The van der Waals surface area contributed by atoms with Crippen LogP contribution in [-0.2, 0) is 19.4 Å². The van der Waals surface area contributed by atoms with Crippen molar-refractivity contribution in [2.75, 3.05) is 18.6 Å². The summed E-state index contributed by atoms with van der Waals surface area (Å²) in [5.74, 6) is 0.0611. The number of rotatable bonds is 9.